The Morgan fingerprint density at radius 2 is 2.24 bits per heavy atom. The number of carbonyl (C=O) groups is 1. The largest absolute Gasteiger partial charge is 0.469 e. The van der Waals surface area contributed by atoms with Crippen molar-refractivity contribution in [2.45, 2.75) is 33.6 Å². The fraction of sp³-hybridized carbons (Fsp3) is 0.615. The van der Waals surface area contributed by atoms with Crippen molar-refractivity contribution in [3.8, 4) is 0 Å². The molecular weight excluding hydrogens is 238 g/mol. The molecule has 1 N–H and O–H groups in total. The van der Waals surface area contributed by atoms with Gasteiger partial charge in [0.05, 0.1) is 5.56 Å². The lowest BCUT2D eigenvalue weighted by Crippen LogP contribution is -2.33. The molecule has 3 nitrogen and oxygen atoms in total. The third-order valence-corrected chi connectivity index (χ3v) is 2.97. The van der Waals surface area contributed by atoms with Gasteiger partial charge in [-0.25, -0.2) is 0 Å². The molecular formula is C13H20ClNO2. The van der Waals surface area contributed by atoms with Crippen molar-refractivity contribution in [3.63, 3.8) is 0 Å². The van der Waals surface area contributed by atoms with E-state index in [0.717, 1.165) is 18.6 Å². The molecule has 96 valence electrons. The molecule has 1 heterocycles. The maximum absolute atomic E-state index is 11.8. The van der Waals surface area contributed by atoms with Gasteiger partial charge in [-0.1, -0.05) is 13.8 Å². The second-order valence-electron chi connectivity index (χ2n) is 5.09. The first kappa shape index (κ1) is 14.1. The number of alkyl halides is 1. The summed E-state index contributed by atoms with van der Waals surface area (Å²) >= 11 is 5.67. The average molecular weight is 258 g/mol. The van der Waals surface area contributed by atoms with E-state index in [4.69, 9.17) is 16.0 Å². The summed E-state index contributed by atoms with van der Waals surface area (Å²) in [7, 11) is 0. The van der Waals surface area contributed by atoms with Gasteiger partial charge in [0.15, 0.2) is 0 Å². The maximum Gasteiger partial charge on any atom is 0.254 e. The molecule has 0 fully saturated rings. The van der Waals surface area contributed by atoms with Crippen LogP contribution in [-0.2, 0) is 0 Å². The van der Waals surface area contributed by atoms with E-state index in [0.29, 0.717) is 18.0 Å². The summed E-state index contributed by atoms with van der Waals surface area (Å²) in [6.45, 7) is 6.72. The predicted molar refractivity (Wildman–Crippen MR) is 69.5 cm³/mol. The minimum absolute atomic E-state index is 0.0727. The number of rotatable bonds is 6. The zero-order chi connectivity index (χ0) is 12.9. The van der Waals surface area contributed by atoms with Crippen molar-refractivity contribution in [3.05, 3.63) is 23.7 Å². The molecule has 1 aromatic heterocycles. The zero-order valence-corrected chi connectivity index (χ0v) is 11.4. The van der Waals surface area contributed by atoms with Crippen LogP contribution in [0.2, 0.25) is 0 Å². The second-order valence-corrected chi connectivity index (χ2v) is 5.46. The number of nitrogens with one attached hydrogen (secondary N) is 1. The number of halogens is 1. The van der Waals surface area contributed by atoms with Crippen LogP contribution in [0.15, 0.2) is 16.7 Å². The smallest absolute Gasteiger partial charge is 0.254 e. The van der Waals surface area contributed by atoms with Gasteiger partial charge in [0.1, 0.15) is 12.0 Å². The molecule has 0 unspecified atom stereocenters. The number of furan rings is 1. The minimum Gasteiger partial charge on any atom is -0.469 e. The zero-order valence-electron chi connectivity index (χ0n) is 10.7. The van der Waals surface area contributed by atoms with Crippen molar-refractivity contribution in [2.24, 2.45) is 5.41 Å². The third-order valence-electron chi connectivity index (χ3n) is 2.71. The number of aryl methyl sites for hydroxylation is 1. The fourth-order valence-electron chi connectivity index (χ4n) is 1.62. The standard InChI is InChI=1S/C13H20ClNO2/c1-10-7-11(8-17-10)12(16)15-9-13(2,3)5-4-6-14/h7-8H,4-6,9H2,1-3H3,(H,15,16). The Bertz CT molecular complexity index is 371. The van der Waals surface area contributed by atoms with Crippen LogP contribution in [0.25, 0.3) is 0 Å². The summed E-state index contributed by atoms with van der Waals surface area (Å²) in [4.78, 5) is 11.8. The Balaban J connectivity index is 2.42. The van der Waals surface area contributed by atoms with Crippen LogP contribution in [0, 0.1) is 12.3 Å². The van der Waals surface area contributed by atoms with Gasteiger partial charge in [-0.15, -0.1) is 11.6 Å². The average Bonchev–Trinajstić information content (AvgIpc) is 2.70. The van der Waals surface area contributed by atoms with Crippen LogP contribution in [0.4, 0.5) is 0 Å². The van der Waals surface area contributed by atoms with E-state index in [1.165, 1.54) is 6.26 Å². The van der Waals surface area contributed by atoms with E-state index < -0.39 is 0 Å². The molecule has 0 atom stereocenters. The molecule has 0 saturated heterocycles. The summed E-state index contributed by atoms with van der Waals surface area (Å²) in [5, 5.41) is 2.92. The minimum atomic E-state index is -0.0826. The van der Waals surface area contributed by atoms with E-state index in [-0.39, 0.29) is 11.3 Å². The van der Waals surface area contributed by atoms with Gasteiger partial charge in [-0.3, -0.25) is 4.79 Å². The first-order valence-electron chi connectivity index (χ1n) is 5.84. The van der Waals surface area contributed by atoms with Crippen molar-refractivity contribution in [1.82, 2.24) is 5.32 Å². The third kappa shape index (κ3) is 4.82. The highest BCUT2D eigenvalue weighted by Gasteiger charge is 2.19. The molecule has 1 aromatic rings. The molecule has 1 rings (SSSR count). The topological polar surface area (TPSA) is 42.2 Å². The van der Waals surface area contributed by atoms with E-state index in [2.05, 4.69) is 19.2 Å². The summed E-state index contributed by atoms with van der Waals surface area (Å²) in [5.74, 6) is 1.33. The SMILES string of the molecule is Cc1cc(C(=O)NCC(C)(C)CCCCl)co1. The highest BCUT2D eigenvalue weighted by atomic mass is 35.5. The first-order valence-corrected chi connectivity index (χ1v) is 6.37. The number of hydrogen-bond acceptors (Lipinski definition) is 2. The number of amides is 1. The molecule has 0 aromatic carbocycles. The molecule has 0 radical (unpaired) electrons. The van der Waals surface area contributed by atoms with Crippen LogP contribution in [-0.4, -0.2) is 18.3 Å². The maximum atomic E-state index is 11.8. The molecule has 0 bridgehead atoms. The summed E-state index contributed by atoms with van der Waals surface area (Å²) in [6.07, 6.45) is 3.45. The Hall–Kier alpha value is -0.960. The van der Waals surface area contributed by atoms with E-state index in [1.807, 2.05) is 6.92 Å². The van der Waals surface area contributed by atoms with Crippen molar-refractivity contribution >= 4 is 17.5 Å². The molecule has 0 spiro atoms. The highest BCUT2D eigenvalue weighted by molar-refractivity contribution is 6.17. The molecule has 0 saturated carbocycles. The van der Waals surface area contributed by atoms with Crippen molar-refractivity contribution < 1.29 is 9.21 Å². The second kappa shape index (κ2) is 6.10. The monoisotopic (exact) mass is 257 g/mol. The van der Waals surface area contributed by atoms with Gasteiger partial charge in [0.2, 0.25) is 0 Å². The molecule has 0 aliphatic rings. The molecule has 1 amide bonds. The van der Waals surface area contributed by atoms with Crippen LogP contribution in [0.5, 0.6) is 0 Å². The normalized spacial score (nSPS) is 11.5. The van der Waals surface area contributed by atoms with E-state index >= 15 is 0 Å². The van der Waals surface area contributed by atoms with E-state index in [1.54, 1.807) is 6.07 Å². The van der Waals surface area contributed by atoms with Gasteiger partial charge in [-0.05, 0) is 31.2 Å². The van der Waals surface area contributed by atoms with Crippen LogP contribution < -0.4 is 5.32 Å². The Labute approximate surface area is 108 Å². The molecule has 4 heteroatoms. The van der Waals surface area contributed by atoms with Gasteiger partial charge in [0, 0.05) is 12.4 Å². The first-order chi connectivity index (χ1) is 7.94. The number of hydrogen-bond donors (Lipinski definition) is 1. The van der Waals surface area contributed by atoms with Gasteiger partial charge >= 0.3 is 0 Å². The van der Waals surface area contributed by atoms with Crippen molar-refractivity contribution in [1.29, 1.82) is 0 Å². The number of carbonyl (C=O) groups excluding carboxylic acids is 1. The lowest BCUT2D eigenvalue weighted by molar-refractivity contribution is 0.0934. The van der Waals surface area contributed by atoms with Crippen LogP contribution in [0.3, 0.4) is 0 Å². The molecule has 0 aliphatic carbocycles. The Morgan fingerprint density at radius 1 is 1.53 bits per heavy atom. The van der Waals surface area contributed by atoms with Crippen LogP contribution >= 0.6 is 11.6 Å². The van der Waals surface area contributed by atoms with Crippen LogP contribution in [0.1, 0.15) is 42.8 Å². The Kier molecular flexibility index (Phi) is 5.06. The highest BCUT2D eigenvalue weighted by Crippen LogP contribution is 2.21. The summed E-state index contributed by atoms with van der Waals surface area (Å²) in [5.41, 5.74) is 0.652. The lowest BCUT2D eigenvalue weighted by atomic mass is 9.88. The Morgan fingerprint density at radius 3 is 2.76 bits per heavy atom. The lowest BCUT2D eigenvalue weighted by Gasteiger charge is -2.24. The van der Waals surface area contributed by atoms with Gasteiger partial charge < -0.3 is 9.73 Å². The quantitative estimate of drug-likeness (QED) is 0.794. The molecule has 17 heavy (non-hydrogen) atoms. The van der Waals surface area contributed by atoms with Crippen molar-refractivity contribution in [2.75, 3.05) is 12.4 Å². The van der Waals surface area contributed by atoms with Gasteiger partial charge in [0.25, 0.3) is 5.91 Å². The summed E-state index contributed by atoms with van der Waals surface area (Å²) < 4.78 is 5.10. The fourth-order valence-corrected chi connectivity index (χ4v) is 1.75. The summed E-state index contributed by atoms with van der Waals surface area (Å²) in [6, 6.07) is 1.74. The van der Waals surface area contributed by atoms with Gasteiger partial charge in [-0.2, -0.15) is 0 Å². The van der Waals surface area contributed by atoms with E-state index in [9.17, 15) is 4.79 Å². The molecule has 0 aliphatic heterocycles. The predicted octanol–water partition coefficient (Wildman–Crippen LogP) is 3.36.